The maximum absolute atomic E-state index is 11.9. The van der Waals surface area contributed by atoms with Crippen molar-refractivity contribution in [3.05, 3.63) is 35.4 Å². The van der Waals surface area contributed by atoms with Gasteiger partial charge in [-0.25, -0.2) is 4.79 Å². The summed E-state index contributed by atoms with van der Waals surface area (Å²) in [4.78, 5) is 24.8. The number of rotatable bonds is 7. The Morgan fingerprint density at radius 1 is 1.29 bits per heavy atom. The SMILES string of the molecule is CN(C)CC(C)(O)CNC(=O)Cc1ccccc1C(=O)O. The van der Waals surface area contributed by atoms with Crippen LogP contribution < -0.4 is 5.32 Å². The van der Waals surface area contributed by atoms with Crippen LogP contribution in [0.3, 0.4) is 0 Å². The third-order valence-electron chi connectivity index (χ3n) is 2.92. The van der Waals surface area contributed by atoms with Gasteiger partial charge < -0.3 is 20.4 Å². The van der Waals surface area contributed by atoms with Crippen LogP contribution in [0.1, 0.15) is 22.8 Å². The van der Waals surface area contributed by atoms with Crippen LogP contribution in [0.5, 0.6) is 0 Å². The molecular formula is C15H22N2O4. The minimum absolute atomic E-state index is 0.0273. The normalized spacial score (nSPS) is 13.8. The van der Waals surface area contributed by atoms with Crippen LogP contribution >= 0.6 is 0 Å². The number of benzene rings is 1. The molecule has 0 saturated heterocycles. The van der Waals surface area contributed by atoms with Crippen LogP contribution in [0.15, 0.2) is 24.3 Å². The molecule has 1 aromatic carbocycles. The molecule has 0 aliphatic carbocycles. The summed E-state index contributed by atoms with van der Waals surface area (Å²) in [6.45, 7) is 2.16. The van der Waals surface area contributed by atoms with E-state index in [1.54, 1.807) is 25.1 Å². The summed E-state index contributed by atoms with van der Waals surface area (Å²) in [5, 5.41) is 21.8. The Bertz CT molecular complexity index is 512. The van der Waals surface area contributed by atoms with Crippen LogP contribution in [0.25, 0.3) is 0 Å². The molecule has 0 bridgehead atoms. The Hall–Kier alpha value is -1.92. The van der Waals surface area contributed by atoms with Crippen LogP contribution in [-0.4, -0.2) is 59.8 Å². The van der Waals surface area contributed by atoms with Crippen molar-refractivity contribution in [3.8, 4) is 0 Å². The Morgan fingerprint density at radius 3 is 2.48 bits per heavy atom. The first-order chi connectivity index (χ1) is 9.71. The maximum Gasteiger partial charge on any atom is 0.335 e. The second-order valence-electron chi connectivity index (χ2n) is 5.65. The molecule has 1 atom stereocenters. The number of carboxylic acid groups (broad SMARTS) is 1. The lowest BCUT2D eigenvalue weighted by Gasteiger charge is -2.27. The number of carbonyl (C=O) groups excluding carboxylic acids is 1. The number of aliphatic hydroxyl groups is 1. The van der Waals surface area contributed by atoms with Gasteiger partial charge in [-0.15, -0.1) is 0 Å². The fourth-order valence-electron chi connectivity index (χ4n) is 2.14. The van der Waals surface area contributed by atoms with Crippen molar-refractivity contribution in [1.29, 1.82) is 0 Å². The standard InChI is InChI=1S/C15H22N2O4/c1-15(21,10-17(2)3)9-16-13(18)8-11-6-4-5-7-12(11)14(19)20/h4-7,21H,8-10H2,1-3H3,(H,16,18)(H,19,20). The van der Waals surface area contributed by atoms with Gasteiger partial charge >= 0.3 is 5.97 Å². The maximum atomic E-state index is 11.9. The molecule has 1 rings (SSSR count). The van der Waals surface area contributed by atoms with Crippen LogP contribution in [0.4, 0.5) is 0 Å². The van der Waals surface area contributed by atoms with E-state index in [2.05, 4.69) is 5.32 Å². The van der Waals surface area contributed by atoms with Crippen molar-refractivity contribution in [3.63, 3.8) is 0 Å². The van der Waals surface area contributed by atoms with E-state index in [4.69, 9.17) is 5.11 Å². The molecule has 116 valence electrons. The zero-order valence-corrected chi connectivity index (χ0v) is 12.6. The Morgan fingerprint density at radius 2 is 1.90 bits per heavy atom. The van der Waals surface area contributed by atoms with Crippen LogP contribution in [-0.2, 0) is 11.2 Å². The molecule has 0 aliphatic rings. The fraction of sp³-hybridized carbons (Fsp3) is 0.467. The summed E-state index contributed by atoms with van der Waals surface area (Å²) in [7, 11) is 3.67. The van der Waals surface area contributed by atoms with Gasteiger partial charge in [0.1, 0.15) is 0 Å². The first kappa shape index (κ1) is 17.1. The van der Waals surface area contributed by atoms with E-state index >= 15 is 0 Å². The Labute approximate surface area is 124 Å². The molecule has 6 nitrogen and oxygen atoms in total. The highest BCUT2D eigenvalue weighted by atomic mass is 16.4. The van der Waals surface area contributed by atoms with E-state index in [9.17, 15) is 14.7 Å². The first-order valence-corrected chi connectivity index (χ1v) is 6.66. The molecule has 0 fully saturated rings. The van der Waals surface area contributed by atoms with Gasteiger partial charge in [-0.1, -0.05) is 18.2 Å². The number of nitrogens with one attached hydrogen (secondary N) is 1. The third-order valence-corrected chi connectivity index (χ3v) is 2.92. The quantitative estimate of drug-likeness (QED) is 0.675. The van der Waals surface area contributed by atoms with Crippen molar-refractivity contribution in [2.75, 3.05) is 27.2 Å². The van der Waals surface area contributed by atoms with Gasteiger partial charge in [0.15, 0.2) is 0 Å². The van der Waals surface area contributed by atoms with Crippen molar-refractivity contribution in [2.45, 2.75) is 18.9 Å². The number of likely N-dealkylation sites (N-methyl/N-ethyl adjacent to an activating group) is 1. The monoisotopic (exact) mass is 294 g/mol. The topological polar surface area (TPSA) is 89.9 Å². The molecule has 0 radical (unpaired) electrons. The lowest BCUT2D eigenvalue weighted by Crippen LogP contribution is -2.47. The number of hydrogen-bond acceptors (Lipinski definition) is 4. The van der Waals surface area contributed by atoms with Gasteiger partial charge in [-0.2, -0.15) is 0 Å². The number of nitrogens with zero attached hydrogens (tertiary/aromatic N) is 1. The summed E-state index contributed by atoms with van der Waals surface area (Å²) in [6, 6.07) is 6.39. The Kier molecular flexibility index (Phi) is 5.87. The van der Waals surface area contributed by atoms with Gasteiger partial charge in [0.2, 0.25) is 5.91 Å². The smallest absolute Gasteiger partial charge is 0.335 e. The van der Waals surface area contributed by atoms with Crippen LogP contribution in [0.2, 0.25) is 0 Å². The second kappa shape index (κ2) is 7.19. The van der Waals surface area contributed by atoms with E-state index in [1.807, 2.05) is 19.0 Å². The van der Waals surface area contributed by atoms with E-state index in [0.29, 0.717) is 12.1 Å². The van der Waals surface area contributed by atoms with E-state index < -0.39 is 11.6 Å². The lowest BCUT2D eigenvalue weighted by atomic mass is 10.0. The van der Waals surface area contributed by atoms with Gasteiger partial charge in [-0.3, -0.25) is 4.79 Å². The predicted octanol–water partition coefficient (Wildman–Crippen LogP) is 0.356. The molecule has 3 N–H and O–H groups in total. The highest BCUT2D eigenvalue weighted by Crippen LogP contribution is 2.10. The summed E-state index contributed by atoms with van der Waals surface area (Å²) in [6.07, 6.45) is -0.0273. The summed E-state index contributed by atoms with van der Waals surface area (Å²) < 4.78 is 0. The molecule has 1 aromatic rings. The number of carbonyl (C=O) groups is 2. The predicted molar refractivity (Wildman–Crippen MR) is 79.3 cm³/mol. The third kappa shape index (κ3) is 5.93. The van der Waals surface area contributed by atoms with Gasteiger partial charge in [0.25, 0.3) is 0 Å². The minimum atomic E-state index is -1.06. The zero-order valence-electron chi connectivity index (χ0n) is 12.6. The van der Waals surface area contributed by atoms with Crippen molar-refractivity contribution < 1.29 is 19.8 Å². The average Bonchev–Trinajstić information content (AvgIpc) is 2.35. The zero-order chi connectivity index (χ0) is 16.0. The molecule has 0 heterocycles. The summed E-state index contributed by atoms with van der Waals surface area (Å²) in [5.74, 6) is -1.37. The molecule has 6 heteroatoms. The number of carboxylic acids is 1. The van der Waals surface area contributed by atoms with E-state index in [-0.39, 0.29) is 24.4 Å². The number of amides is 1. The fourth-order valence-corrected chi connectivity index (χ4v) is 2.14. The molecule has 0 saturated carbocycles. The molecule has 1 unspecified atom stereocenters. The highest BCUT2D eigenvalue weighted by molar-refractivity contribution is 5.91. The number of hydrogen-bond donors (Lipinski definition) is 3. The molecule has 21 heavy (non-hydrogen) atoms. The van der Waals surface area contributed by atoms with Gasteiger partial charge in [0, 0.05) is 13.1 Å². The molecular weight excluding hydrogens is 272 g/mol. The Balaban J connectivity index is 2.61. The molecule has 0 aliphatic heterocycles. The van der Waals surface area contributed by atoms with E-state index in [1.165, 1.54) is 6.07 Å². The summed E-state index contributed by atoms with van der Waals surface area (Å²) >= 11 is 0. The minimum Gasteiger partial charge on any atom is -0.478 e. The lowest BCUT2D eigenvalue weighted by molar-refractivity contribution is -0.121. The number of aromatic carboxylic acids is 1. The first-order valence-electron chi connectivity index (χ1n) is 6.66. The molecule has 1 amide bonds. The largest absolute Gasteiger partial charge is 0.478 e. The molecule has 0 aromatic heterocycles. The van der Waals surface area contributed by atoms with Gasteiger partial charge in [0.05, 0.1) is 17.6 Å². The van der Waals surface area contributed by atoms with Crippen molar-refractivity contribution in [2.24, 2.45) is 0 Å². The highest BCUT2D eigenvalue weighted by Gasteiger charge is 2.22. The van der Waals surface area contributed by atoms with Gasteiger partial charge in [-0.05, 0) is 32.6 Å². The molecule has 0 spiro atoms. The van der Waals surface area contributed by atoms with Crippen LogP contribution in [0, 0.1) is 0 Å². The average molecular weight is 294 g/mol. The summed E-state index contributed by atoms with van der Waals surface area (Å²) in [5.41, 5.74) is -0.465. The van der Waals surface area contributed by atoms with Crippen molar-refractivity contribution >= 4 is 11.9 Å². The van der Waals surface area contributed by atoms with Crippen molar-refractivity contribution in [1.82, 2.24) is 10.2 Å². The second-order valence-corrected chi connectivity index (χ2v) is 5.65. The van der Waals surface area contributed by atoms with E-state index in [0.717, 1.165) is 0 Å².